The number of nitrogens with one attached hydrogen (secondary N) is 1. The van der Waals surface area contributed by atoms with E-state index in [1.54, 1.807) is 36.4 Å². The first-order valence-corrected chi connectivity index (χ1v) is 12.5. The number of rotatable bonds is 7. The van der Waals surface area contributed by atoms with Gasteiger partial charge in [0, 0.05) is 17.7 Å². The fraction of sp³-hybridized carbons (Fsp3) is 0.161. The zero-order chi connectivity index (χ0) is 27.5. The van der Waals surface area contributed by atoms with E-state index in [1.807, 2.05) is 30.3 Å². The van der Waals surface area contributed by atoms with E-state index in [0.29, 0.717) is 36.6 Å². The summed E-state index contributed by atoms with van der Waals surface area (Å²) in [5, 5.41) is 12.1. The van der Waals surface area contributed by atoms with Gasteiger partial charge < -0.3 is 20.1 Å². The van der Waals surface area contributed by atoms with Gasteiger partial charge in [-0.15, -0.1) is 0 Å². The number of anilines is 1. The molecule has 4 aromatic carbocycles. The zero-order valence-electron chi connectivity index (χ0n) is 21.2. The Balaban J connectivity index is 1.30. The molecule has 1 atom stereocenters. The monoisotopic (exact) mass is 528 g/mol. The van der Waals surface area contributed by atoms with Crippen LogP contribution in [0.15, 0.2) is 84.9 Å². The number of carbonyl (C=O) groups is 2. The minimum Gasteiger partial charge on any atom is -0.490 e. The summed E-state index contributed by atoms with van der Waals surface area (Å²) in [5.41, 5.74) is 3.71. The Morgan fingerprint density at radius 1 is 0.974 bits per heavy atom. The fourth-order valence-electron chi connectivity index (χ4n) is 4.79. The number of halogens is 2. The first-order valence-electron chi connectivity index (χ1n) is 12.5. The topological polar surface area (TPSA) is 78.9 Å². The van der Waals surface area contributed by atoms with Crippen molar-refractivity contribution in [2.75, 3.05) is 18.1 Å². The Kier molecular flexibility index (Phi) is 7.27. The van der Waals surface area contributed by atoms with Crippen molar-refractivity contribution in [3.63, 3.8) is 0 Å². The van der Waals surface area contributed by atoms with Crippen LogP contribution in [0.4, 0.5) is 14.5 Å². The lowest BCUT2D eigenvalue weighted by Crippen LogP contribution is -2.33. The Bertz CT molecular complexity index is 1520. The van der Waals surface area contributed by atoms with Crippen LogP contribution < -0.4 is 15.0 Å². The molecule has 0 radical (unpaired) electrons. The molecule has 8 heteroatoms. The van der Waals surface area contributed by atoms with Crippen LogP contribution in [0, 0.1) is 11.6 Å². The van der Waals surface area contributed by atoms with Crippen molar-refractivity contribution in [1.82, 2.24) is 5.32 Å². The number of carbonyl (C=O) groups excluding carboxylic acids is 1. The summed E-state index contributed by atoms with van der Waals surface area (Å²) in [4.78, 5) is 26.6. The van der Waals surface area contributed by atoms with Gasteiger partial charge in [-0.3, -0.25) is 4.79 Å². The Hall–Kier alpha value is -4.72. The van der Waals surface area contributed by atoms with Crippen LogP contribution in [0.5, 0.6) is 5.75 Å². The van der Waals surface area contributed by atoms with E-state index in [-0.39, 0.29) is 11.1 Å². The summed E-state index contributed by atoms with van der Waals surface area (Å²) >= 11 is 0. The molecule has 0 saturated carbocycles. The van der Waals surface area contributed by atoms with Gasteiger partial charge in [-0.2, -0.15) is 0 Å². The summed E-state index contributed by atoms with van der Waals surface area (Å²) in [6, 6.07) is 22.5. The van der Waals surface area contributed by atoms with Crippen molar-refractivity contribution < 1.29 is 28.2 Å². The van der Waals surface area contributed by atoms with Crippen LogP contribution in [0.3, 0.4) is 0 Å². The van der Waals surface area contributed by atoms with E-state index in [1.165, 1.54) is 13.0 Å². The SMILES string of the molecule is C[C@H](NC(=O)c1ccc2c(c1)OCCN2Cc1ccc(-c2ccccc2C(=O)O)cc1)c1c(F)cccc1F. The number of ether oxygens (including phenoxy) is 1. The lowest BCUT2D eigenvalue weighted by atomic mass is 9.98. The summed E-state index contributed by atoms with van der Waals surface area (Å²) < 4.78 is 34.1. The Morgan fingerprint density at radius 2 is 1.69 bits per heavy atom. The molecule has 0 aromatic heterocycles. The zero-order valence-corrected chi connectivity index (χ0v) is 21.2. The summed E-state index contributed by atoms with van der Waals surface area (Å²) in [7, 11) is 0. The molecular formula is C31H26F2N2O4. The number of nitrogens with zero attached hydrogens (tertiary/aromatic N) is 1. The molecule has 198 valence electrons. The van der Waals surface area contributed by atoms with Gasteiger partial charge in [0.15, 0.2) is 0 Å². The molecule has 0 fully saturated rings. The normalized spacial score (nSPS) is 13.3. The number of aromatic carboxylic acids is 1. The Labute approximate surface area is 224 Å². The lowest BCUT2D eigenvalue weighted by molar-refractivity contribution is 0.0697. The molecule has 5 rings (SSSR count). The second-order valence-corrected chi connectivity index (χ2v) is 9.33. The second-order valence-electron chi connectivity index (χ2n) is 9.33. The van der Waals surface area contributed by atoms with Gasteiger partial charge in [0.25, 0.3) is 5.91 Å². The van der Waals surface area contributed by atoms with E-state index in [0.717, 1.165) is 28.9 Å². The largest absolute Gasteiger partial charge is 0.490 e. The van der Waals surface area contributed by atoms with Gasteiger partial charge in [0.2, 0.25) is 0 Å². The van der Waals surface area contributed by atoms with Crippen molar-refractivity contribution >= 4 is 17.6 Å². The summed E-state index contributed by atoms with van der Waals surface area (Å²) in [6.45, 7) is 3.19. The van der Waals surface area contributed by atoms with Gasteiger partial charge in [0.05, 0.1) is 23.8 Å². The average molecular weight is 529 g/mol. The molecule has 1 amide bonds. The predicted molar refractivity (Wildman–Crippen MR) is 144 cm³/mol. The molecule has 6 nitrogen and oxygen atoms in total. The number of carboxylic acid groups (broad SMARTS) is 1. The quantitative estimate of drug-likeness (QED) is 0.298. The Morgan fingerprint density at radius 3 is 2.41 bits per heavy atom. The van der Waals surface area contributed by atoms with Gasteiger partial charge in [0.1, 0.15) is 24.0 Å². The molecule has 39 heavy (non-hydrogen) atoms. The first kappa shape index (κ1) is 25.9. The van der Waals surface area contributed by atoms with Crippen molar-refractivity contribution in [3.05, 3.63) is 119 Å². The summed E-state index contributed by atoms with van der Waals surface area (Å²) in [5.74, 6) is -2.32. The third-order valence-corrected chi connectivity index (χ3v) is 6.76. The first-order chi connectivity index (χ1) is 18.8. The molecule has 0 saturated heterocycles. The molecule has 0 bridgehead atoms. The third-order valence-electron chi connectivity index (χ3n) is 6.76. The van der Waals surface area contributed by atoms with Crippen molar-refractivity contribution in [2.24, 2.45) is 0 Å². The van der Waals surface area contributed by atoms with Crippen molar-refractivity contribution in [2.45, 2.75) is 19.5 Å². The van der Waals surface area contributed by atoms with Gasteiger partial charge in [-0.05, 0) is 60.0 Å². The van der Waals surface area contributed by atoms with E-state index in [2.05, 4.69) is 10.2 Å². The second kappa shape index (κ2) is 10.9. The van der Waals surface area contributed by atoms with Crippen LogP contribution in [0.2, 0.25) is 0 Å². The fourth-order valence-corrected chi connectivity index (χ4v) is 4.79. The standard InChI is InChI=1S/C31H26F2N2O4/c1-19(29-25(32)7-4-8-26(29)33)34-30(36)22-13-14-27-28(17-22)39-16-15-35(27)18-20-9-11-21(12-10-20)23-5-2-3-6-24(23)31(37)38/h2-14,17,19H,15-16,18H2,1H3,(H,34,36)(H,37,38)/t19-/m0/s1. The van der Waals surface area contributed by atoms with Crippen LogP contribution in [-0.2, 0) is 6.54 Å². The molecule has 0 aliphatic carbocycles. The van der Waals surface area contributed by atoms with E-state index >= 15 is 0 Å². The average Bonchev–Trinajstić information content (AvgIpc) is 2.93. The lowest BCUT2D eigenvalue weighted by Gasteiger charge is -2.31. The number of amides is 1. The van der Waals surface area contributed by atoms with Crippen molar-refractivity contribution in [3.8, 4) is 16.9 Å². The van der Waals surface area contributed by atoms with Crippen LogP contribution in [0.1, 0.15) is 44.8 Å². The molecule has 0 unspecified atom stereocenters. The van der Waals surface area contributed by atoms with Gasteiger partial charge >= 0.3 is 5.97 Å². The van der Waals surface area contributed by atoms with Crippen LogP contribution >= 0.6 is 0 Å². The van der Waals surface area contributed by atoms with E-state index < -0.39 is 29.6 Å². The maximum Gasteiger partial charge on any atom is 0.336 e. The number of hydrogen-bond donors (Lipinski definition) is 2. The van der Waals surface area contributed by atoms with E-state index in [4.69, 9.17) is 4.74 Å². The third kappa shape index (κ3) is 5.45. The molecule has 0 spiro atoms. The van der Waals surface area contributed by atoms with E-state index in [9.17, 15) is 23.5 Å². The molecule has 1 heterocycles. The molecular weight excluding hydrogens is 502 g/mol. The summed E-state index contributed by atoms with van der Waals surface area (Å²) in [6.07, 6.45) is 0. The highest BCUT2D eigenvalue weighted by Gasteiger charge is 2.23. The number of hydrogen-bond acceptors (Lipinski definition) is 4. The minimum atomic E-state index is -0.971. The molecule has 2 N–H and O–H groups in total. The van der Waals surface area contributed by atoms with Crippen LogP contribution in [-0.4, -0.2) is 30.1 Å². The highest BCUT2D eigenvalue weighted by molar-refractivity contribution is 5.96. The smallest absolute Gasteiger partial charge is 0.336 e. The van der Waals surface area contributed by atoms with Crippen molar-refractivity contribution in [1.29, 1.82) is 0 Å². The van der Waals surface area contributed by atoms with Gasteiger partial charge in [-0.25, -0.2) is 13.6 Å². The molecule has 1 aliphatic heterocycles. The van der Waals surface area contributed by atoms with Gasteiger partial charge in [-0.1, -0.05) is 48.5 Å². The molecule has 4 aromatic rings. The highest BCUT2D eigenvalue weighted by Crippen LogP contribution is 2.34. The minimum absolute atomic E-state index is 0.191. The highest BCUT2D eigenvalue weighted by atomic mass is 19.1. The van der Waals surface area contributed by atoms with Crippen LogP contribution in [0.25, 0.3) is 11.1 Å². The maximum absolute atomic E-state index is 14.1. The number of carboxylic acids is 1. The predicted octanol–water partition coefficient (Wildman–Crippen LogP) is 6.22. The number of fused-ring (bicyclic) bond motifs is 1. The molecule has 1 aliphatic rings. The number of benzene rings is 4. The maximum atomic E-state index is 14.1.